The van der Waals surface area contributed by atoms with Gasteiger partial charge in [0.15, 0.2) is 14.2 Å². The number of para-hydroxylation sites is 4. The third-order valence-electron chi connectivity index (χ3n) is 10.1. The van der Waals surface area contributed by atoms with Crippen molar-refractivity contribution >= 4 is 84.4 Å². The number of fused-ring (bicyclic) bond motifs is 6. The summed E-state index contributed by atoms with van der Waals surface area (Å²) in [4.78, 5) is 9.86. The molecule has 0 bridgehead atoms. The maximum absolute atomic E-state index is 10.5. The molecule has 0 aliphatic carbocycles. The molecule has 3 heterocycles. The molecule has 1 N–H and O–H groups in total. The van der Waals surface area contributed by atoms with Gasteiger partial charge >= 0.3 is 0 Å². The van der Waals surface area contributed by atoms with E-state index >= 15 is 0 Å². The van der Waals surface area contributed by atoms with E-state index in [2.05, 4.69) is 5.32 Å². The van der Waals surface area contributed by atoms with Gasteiger partial charge in [0.1, 0.15) is 0 Å². The van der Waals surface area contributed by atoms with Crippen molar-refractivity contribution in [3.05, 3.63) is 217 Å². The standard InChI is InChI=1S/C51H37N5Si/c1-4-20-37(21-5-1)57(38-22-6-2-7-23-38,39-24-8-3-9-25-39)40-26-18-19-36(35-40)49-52-50(55-45-31-14-10-27-41(45)42-28-11-15-32-46(42)55)54-51(53-49)56-47-33-16-12-29-43(47)44-30-13-17-34-48(44)56/h1-35,49H,(H,52,53,54)/i10D,11D,12D,13D,14D,15D,16D,17D,18D,19D,26D,27D,28D,29D,30D,31D,32D,33D,34D,35D. The molecule has 0 saturated carbocycles. The minimum atomic E-state index is -3.96. The normalized spacial score (nSPS) is 18.5. The van der Waals surface area contributed by atoms with E-state index in [9.17, 15) is 11.0 Å². The molecule has 0 spiro atoms. The summed E-state index contributed by atoms with van der Waals surface area (Å²) in [6.45, 7) is 0. The predicted molar refractivity (Wildman–Crippen MR) is 240 cm³/mol. The van der Waals surface area contributed by atoms with Crippen LogP contribution in [0.4, 0.5) is 0 Å². The molecule has 0 radical (unpaired) electrons. The van der Waals surface area contributed by atoms with Gasteiger partial charge in [-0.25, -0.2) is 9.98 Å². The summed E-state index contributed by atoms with van der Waals surface area (Å²) in [5.41, 5.74) is -2.13. The first-order valence-electron chi connectivity index (χ1n) is 27.8. The van der Waals surface area contributed by atoms with Gasteiger partial charge in [0.25, 0.3) is 0 Å². The van der Waals surface area contributed by atoms with Crippen molar-refractivity contribution in [3.63, 3.8) is 0 Å². The van der Waals surface area contributed by atoms with E-state index in [1.54, 1.807) is 0 Å². The van der Waals surface area contributed by atoms with E-state index in [1.165, 1.54) is 0 Å². The summed E-state index contributed by atoms with van der Waals surface area (Å²) >= 11 is 0. The highest BCUT2D eigenvalue weighted by molar-refractivity contribution is 7.19. The highest BCUT2D eigenvalue weighted by Crippen LogP contribution is 2.33. The summed E-state index contributed by atoms with van der Waals surface area (Å²) in [6, 6.07) is 13.3. The lowest BCUT2D eigenvalue weighted by molar-refractivity contribution is 0.735. The van der Waals surface area contributed by atoms with Crippen LogP contribution in [-0.4, -0.2) is 29.1 Å². The zero-order chi connectivity index (χ0) is 55.2. The van der Waals surface area contributed by atoms with Crippen LogP contribution in [0.1, 0.15) is 39.1 Å². The average Bonchev–Trinajstić information content (AvgIpc) is 4.00. The number of benzene rings is 8. The van der Waals surface area contributed by atoms with Crippen molar-refractivity contribution in [2.45, 2.75) is 6.17 Å². The predicted octanol–water partition coefficient (Wildman–Crippen LogP) is 8.69. The molecule has 0 saturated heterocycles. The van der Waals surface area contributed by atoms with Crippen molar-refractivity contribution in [3.8, 4) is 0 Å². The van der Waals surface area contributed by atoms with Crippen molar-refractivity contribution in [1.82, 2.24) is 14.5 Å². The van der Waals surface area contributed by atoms with Crippen LogP contribution in [-0.2, 0) is 0 Å². The minimum absolute atomic E-state index is 0.0318. The Morgan fingerprint density at radius 2 is 0.789 bits per heavy atom. The largest absolute Gasteiger partial charge is 0.295 e. The van der Waals surface area contributed by atoms with Gasteiger partial charge < -0.3 is 0 Å². The summed E-state index contributed by atoms with van der Waals surface area (Å²) in [5.74, 6) is -1.13. The Morgan fingerprint density at radius 3 is 1.18 bits per heavy atom. The molecule has 2 aromatic heterocycles. The van der Waals surface area contributed by atoms with E-state index in [0.29, 0.717) is 15.6 Å². The molecule has 10 aromatic rings. The first kappa shape index (κ1) is 18.6. The van der Waals surface area contributed by atoms with Crippen molar-refractivity contribution in [2.75, 3.05) is 0 Å². The second-order valence-electron chi connectivity index (χ2n) is 13.1. The number of nitrogens with zero attached hydrogens (tertiary/aromatic N) is 4. The number of hydrogen-bond donors (Lipinski definition) is 1. The van der Waals surface area contributed by atoms with Crippen LogP contribution in [0.15, 0.2) is 222 Å². The Morgan fingerprint density at radius 1 is 0.421 bits per heavy atom. The first-order chi connectivity index (χ1) is 36.6. The van der Waals surface area contributed by atoms with Crippen LogP contribution in [0.25, 0.3) is 43.6 Å². The Labute approximate surface area is 359 Å². The molecule has 11 rings (SSSR count). The van der Waals surface area contributed by atoms with Crippen LogP contribution in [0.5, 0.6) is 0 Å². The van der Waals surface area contributed by atoms with Crippen LogP contribution in [0.3, 0.4) is 0 Å². The van der Waals surface area contributed by atoms with Gasteiger partial charge in [-0.15, -0.1) is 0 Å². The molecule has 6 heteroatoms. The molecular formula is C51H37N5Si. The Bertz CT molecular complexity index is 3890. The third kappa shape index (κ3) is 5.22. The lowest BCUT2D eigenvalue weighted by Gasteiger charge is -2.35. The van der Waals surface area contributed by atoms with Gasteiger partial charge in [0.2, 0.25) is 11.9 Å². The van der Waals surface area contributed by atoms with Gasteiger partial charge in [0.05, 0.1) is 49.5 Å². The summed E-state index contributed by atoms with van der Waals surface area (Å²) < 4.78 is 185. The van der Waals surface area contributed by atoms with Crippen molar-refractivity contribution in [2.24, 2.45) is 9.98 Å². The van der Waals surface area contributed by atoms with Crippen LogP contribution >= 0.6 is 0 Å². The summed E-state index contributed by atoms with van der Waals surface area (Å²) in [5, 5.41) is 3.61. The SMILES string of the molecule is [2H]c1c([2H])c(C2N=C(n3c4c([2H])c([2H])c([2H])c([2H])c4c4c([2H])c([2H])c([2H])c([2H])c43)NC(n3c4c([2H])c([2H])c([2H])c([2H])c4c4c([2H])c([2H])c([2H])c([2H])c43)=N2)c([2H])c([Si](c2ccccc2)(c2ccccc2)c2ccccc2)c1[2H]. The van der Waals surface area contributed by atoms with E-state index in [-0.39, 0.29) is 26.7 Å². The lowest BCUT2D eigenvalue weighted by Crippen LogP contribution is -2.74. The Kier molecular flexibility index (Phi) is 4.39. The van der Waals surface area contributed by atoms with Gasteiger partial charge in [-0.3, -0.25) is 14.5 Å². The molecule has 1 aliphatic heterocycles. The van der Waals surface area contributed by atoms with Crippen LogP contribution in [0, 0.1) is 0 Å². The molecule has 270 valence electrons. The zero-order valence-electron chi connectivity index (χ0n) is 49.5. The lowest BCUT2D eigenvalue weighted by atomic mass is 10.2. The van der Waals surface area contributed by atoms with Gasteiger partial charge in [-0.05, 0) is 50.5 Å². The van der Waals surface area contributed by atoms with E-state index in [0.717, 1.165) is 9.13 Å². The van der Waals surface area contributed by atoms with Crippen molar-refractivity contribution < 1.29 is 27.4 Å². The fourth-order valence-electron chi connectivity index (χ4n) is 7.72. The van der Waals surface area contributed by atoms with E-state index < -0.39 is 175 Å². The molecular weight excluding hydrogens is 711 g/mol. The maximum Gasteiger partial charge on any atom is 0.212 e. The molecule has 8 aromatic carbocycles. The zero-order valence-corrected chi connectivity index (χ0v) is 30.5. The fourth-order valence-corrected chi connectivity index (χ4v) is 12.2. The second kappa shape index (κ2) is 13.5. The highest BCUT2D eigenvalue weighted by Gasteiger charge is 2.41. The van der Waals surface area contributed by atoms with Gasteiger partial charge in [-0.2, -0.15) is 0 Å². The van der Waals surface area contributed by atoms with Crippen LogP contribution < -0.4 is 26.1 Å². The molecule has 1 aliphatic rings. The number of aliphatic imine (C=N–C) groups is 2. The number of rotatable bonds is 5. The molecule has 0 amide bonds. The van der Waals surface area contributed by atoms with Crippen molar-refractivity contribution in [1.29, 1.82) is 0 Å². The quantitative estimate of drug-likeness (QED) is 0.138. The van der Waals surface area contributed by atoms with E-state index in [4.69, 9.17) is 26.4 Å². The molecule has 0 fully saturated rings. The smallest absolute Gasteiger partial charge is 0.212 e. The Balaban J connectivity index is 1.36. The molecule has 0 atom stereocenters. The number of nitrogens with one attached hydrogen (secondary N) is 1. The topological polar surface area (TPSA) is 46.6 Å². The monoisotopic (exact) mass is 767 g/mol. The maximum atomic E-state index is 10.5. The minimum Gasteiger partial charge on any atom is -0.295 e. The Hall–Kier alpha value is -7.28. The van der Waals surface area contributed by atoms with Crippen LogP contribution in [0.2, 0.25) is 0 Å². The number of aromatic nitrogens is 2. The van der Waals surface area contributed by atoms with Gasteiger partial charge in [-0.1, -0.05) is 188 Å². The van der Waals surface area contributed by atoms with E-state index in [1.807, 2.05) is 91.0 Å². The first-order valence-corrected chi connectivity index (χ1v) is 19.8. The average molecular weight is 768 g/mol. The molecule has 5 nitrogen and oxygen atoms in total. The molecule has 57 heavy (non-hydrogen) atoms. The summed E-state index contributed by atoms with van der Waals surface area (Å²) in [7, 11) is -3.96. The fraction of sp³-hybridized carbons (Fsp3) is 0.0196. The molecule has 0 unspecified atom stereocenters. The summed E-state index contributed by atoms with van der Waals surface area (Å²) in [6.07, 6.45) is -1.96. The van der Waals surface area contributed by atoms with Gasteiger partial charge in [0, 0.05) is 21.5 Å². The third-order valence-corrected chi connectivity index (χ3v) is 14.7. The second-order valence-corrected chi connectivity index (χ2v) is 16.8. The number of hydrogen-bond acceptors (Lipinski definition) is 3. The highest BCUT2D eigenvalue weighted by atomic mass is 28.3.